The zero-order valence-electron chi connectivity index (χ0n) is 13.5. The van der Waals surface area contributed by atoms with E-state index in [9.17, 15) is 13.2 Å². The van der Waals surface area contributed by atoms with Crippen LogP contribution < -0.4 is 10.6 Å². The van der Waals surface area contributed by atoms with Crippen molar-refractivity contribution in [2.75, 3.05) is 26.8 Å². The van der Waals surface area contributed by atoms with Crippen molar-refractivity contribution in [3.63, 3.8) is 0 Å². The van der Waals surface area contributed by atoms with Crippen molar-refractivity contribution in [1.82, 2.24) is 15.6 Å². The molecule has 0 aliphatic heterocycles. The van der Waals surface area contributed by atoms with Gasteiger partial charge in [0.15, 0.2) is 11.7 Å². The summed E-state index contributed by atoms with van der Waals surface area (Å²) in [5, 5.41) is 7.32. The standard InChI is InChI=1S/C14H23F3N4OS/c1-10(2)4-6-22-7-5-19-13(18-3)20-8-12-21-11(9-23-12)14(15,16)17/h9-10H,4-8H2,1-3H3,(H2,18,19,20). The average Bonchev–Trinajstić information content (AvgIpc) is 2.94. The van der Waals surface area contributed by atoms with Crippen LogP contribution in [0.1, 0.15) is 31.0 Å². The summed E-state index contributed by atoms with van der Waals surface area (Å²) in [5.74, 6) is 1.11. The van der Waals surface area contributed by atoms with E-state index < -0.39 is 11.9 Å². The Hall–Kier alpha value is -1.35. The van der Waals surface area contributed by atoms with Crippen LogP contribution in [0, 0.1) is 5.92 Å². The van der Waals surface area contributed by atoms with Gasteiger partial charge in [-0.1, -0.05) is 13.8 Å². The average molecular weight is 352 g/mol. The van der Waals surface area contributed by atoms with Crippen LogP contribution in [0.3, 0.4) is 0 Å². The van der Waals surface area contributed by atoms with Gasteiger partial charge in [-0.2, -0.15) is 13.2 Å². The Morgan fingerprint density at radius 3 is 2.65 bits per heavy atom. The fraction of sp³-hybridized carbons (Fsp3) is 0.714. The summed E-state index contributed by atoms with van der Waals surface area (Å²) in [7, 11) is 1.60. The topological polar surface area (TPSA) is 58.5 Å². The molecule has 0 aliphatic carbocycles. The molecular weight excluding hydrogens is 329 g/mol. The van der Waals surface area contributed by atoms with E-state index in [1.807, 2.05) is 0 Å². The maximum atomic E-state index is 12.5. The minimum atomic E-state index is -4.40. The van der Waals surface area contributed by atoms with Crippen LogP contribution in [-0.2, 0) is 17.5 Å². The van der Waals surface area contributed by atoms with E-state index in [1.54, 1.807) is 7.05 Å². The van der Waals surface area contributed by atoms with Gasteiger partial charge in [-0.05, 0) is 12.3 Å². The number of hydrogen-bond acceptors (Lipinski definition) is 4. The lowest BCUT2D eigenvalue weighted by Crippen LogP contribution is -2.38. The summed E-state index contributed by atoms with van der Waals surface area (Å²) in [6, 6.07) is 0. The van der Waals surface area contributed by atoms with Gasteiger partial charge in [0.05, 0.1) is 13.2 Å². The number of aromatic nitrogens is 1. The molecule has 1 aromatic rings. The summed E-state index contributed by atoms with van der Waals surface area (Å²) in [6.07, 6.45) is -3.39. The predicted molar refractivity (Wildman–Crippen MR) is 85.6 cm³/mol. The number of hydrogen-bond donors (Lipinski definition) is 2. The van der Waals surface area contributed by atoms with Crippen LogP contribution in [0.25, 0.3) is 0 Å². The summed E-state index contributed by atoms with van der Waals surface area (Å²) >= 11 is 0.965. The van der Waals surface area contributed by atoms with E-state index in [0.717, 1.165) is 23.1 Å². The Labute approximate surface area is 138 Å². The van der Waals surface area contributed by atoms with Crippen LogP contribution in [0.5, 0.6) is 0 Å². The van der Waals surface area contributed by atoms with Crippen LogP contribution in [0.4, 0.5) is 13.2 Å². The number of thiazole rings is 1. The monoisotopic (exact) mass is 352 g/mol. The molecule has 0 saturated heterocycles. The highest BCUT2D eigenvalue weighted by Crippen LogP contribution is 2.29. The molecule has 9 heteroatoms. The lowest BCUT2D eigenvalue weighted by molar-refractivity contribution is -0.140. The van der Waals surface area contributed by atoms with Gasteiger partial charge < -0.3 is 15.4 Å². The zero-order valence-corrected chi connectivity index (χ0v) is 14.4. The Bertz CT molecular complexity index is 489. The first kappa shape index (κ1) is 19.7. The van der Waals surface area contributed by atoms with Crippen LogP contribution in [0.2, 0.25) is 0 Å². The third-order valence-corrected chi connectivity index (χ3v) is 3.70. The van der Waals surface area contributed by atoms with Crippen molar-refractivity contribution in [2.24, 2.45) is 10.9 Å². The second-order valence-electron chi connectivity index (χ2n) is 5.27. The molecule has 0 atom stereocenters. The highest BCUT2D eigenvalue weighted by molar-refractivity contribution is 7.09. The number of halogens is 3. The summed E-state index contributed by atoms with van der Waals surface area (Å²) in [5.41, 5.74) is -0.860. The molecule has 2 N–H and O–H groups in total. The SMILES string of the molecule is CN=C(NCCOCCC(C)C)NCc1nc(C(F)(F)F)cs1. The van der Waals surface area contributed by atoms with Gasteiger partial charge >= 0.3 is 6.18 Å². The third-order valence-electron chi connectivity index (χ3n) is 2.85. The molecule has 0 saturated carbocycles. The van der Waals surface area contributed by atoms with Crippen molar-refractivity contribution in [3.8, 4) is 0 Å². The molecule has 0 fully saturated rings. The molecular formula is C14H23F3N4OS. The molecule has 0 spiro atoms. The largest absolute Gasteiger partial charge is 0.434 e. The van der Waals surface area contributed by atoms with Gasteiger partial charge in [-0.25, -0.2) is 4.98 Å². The Morgan fingerprint density at radius 2 is 2.09 bits per heavy atom. The van der Waals surface area contributed by atoms with Gasteiger partial charge in [0.25, 0.3) is 0 Å². The summed E-state index contributed by atoms with van der Waals surface area (Å²) < 4.78 is 42.8. The smallest absolute Gasteiger partial charge is 0.380 e. The molecule has 23 heavy (non-hydrogen) atoms. The van der Waals surface area contributed by atoms with E-state index >= 15 is 0 Å². The molecule has 0 bridgehead atoms. The highest BCUT2D eigenvalue weighted by Gasteiger charge is 2.33. The van der Waals surface area contributed by atoms with Crippen molar-refractivity contribution in [1.29, 1.82) is 0 Å². The summed E-state index contributed by atoms with van der Waals surface area (Å²) in [4.78, 5) is 7.55. The van der Waals surface area contributed by atoms with Crippen molar-refractivity contribution >= 4 is 17.3 Å². The summed E-state index contributed by atoms with van der Waals surface area (Å²) in [6.45, 7) is 6.29. The molecule has 1 rings (SSSR count). The molecule has 0 unspecified atom stereocenters. The first-order valence-corrected chi connectivity index (χ1v) is 8.24. The first-order valence-electron chi connectivity index (χ1n) is 7.36. The molecule has 132 valence electrons. The number of ether oxygens (including phenoxy) is 1. The minimum absolute atomic E-state index is 0.189. The molecule has 0 aliphatic rings. The molecule has 0 radical (unpaired) electrons. The van der Waals surface area contributed by atoms with Gasteiger partial charge in [0.2, 0.25) is 0 Å². The van der Waals surface area contributed by atoms with Crippen LogP contribution >= 0.6 is 11.3 Å². The van der Waals surface area contributed by atoms with E-state index in [4.69, 9.17) is 4.74 Å². The van der Waals surface area contributed by atoms with Gasteiger partial charge in [0.1, 0.15) is 5.01 Å². The maximum absolute atomic E-state index is 12.5. The fourth-order valence-corrected chi connectivity index (χ4v) is 2.31. The van der Waals surface area contributed by atoms with Gasteiger partial charge in [-0.3, -0.25) is 4.99 Å². The Balaban J connectivity index is 2.25. The minimum Gasteiger partial charge on any atom is -0.380 e. The van der Waals surface area contributed by atoms with Crippen LogP contribution in [0.15, 0.2) is 10.4 Å². The lowest BCUT2D eigenvalue weighted by Gasteiger charge is -2.11. The normalized spacial score (nSPS) is 12.7. The quantitative estimate of drug-likeness (QED) is 0.429. The molecule has 5 nitrogen and oxygen atoms in total. The number of rotatable bonds is 8. The van der Waals surface area contributed by atoms with Crippen molar-refractivity contribution in [3.05, 3.63) is 16.1 Å². The van der Waals surface area contributed by atoms with E-state index in [-0.39, 0.29) is 6.54 Å². The third kappa shape index (κ3) is 8.17. The number of guanidine groups is 1. The van der Waals surface area contributed by atoms with Crippen molar-refractivity contribution in [2.45, 2.75) is 33.0 Å². The zero-order chi connectivity index (χ0) is 17.3. The van der Waals surface area contributed by atoms with Gasteiger partial charge in [-0.15, -0.1) is 11.3 Å². The fourth-order valence-electron chi connectivity index (χ4n) is 1.56. The van der Waals surface area contributed by atoms with E-state index in [2.05, 4.69) is 34.5 Å². The second kappa shape index (κ2) is 9.71. The lowest BCUT2D eigenvalue weighted by atomic mass is 10.1. The van der Waals surface area contributed by atoms with E-state index in [0.29, 0.717) is 36.6 Å². The number of alkyl halides is 3. The van der Waals surface area contributed by atoms with E-state index in [1.165, 1.54) is 0 Å². The predicted octanol–water partition coefficient (Wildman–Crippen LogP) is 2.89. The number of nitrogens with zero attached hydrogens (tertiary/aromatic N) is 2. The maximum Gasteiger partial charge on any atom is 0.434 e. The second-order valence-corrected chi connectivity index (χ2v) is 6.21. The Morgan fingerprint density at radius 1 is 1.35 bits per heavy atom. The first-order chi connectivity index (χ1) is 10.8. The highest BCUT2D eigenvalue weighted by atomic mass is 32.1. The van der Waals surface area contributed by atoms with Crippen molar-refractivity contribution < 1.29 is 17.9 Å². The van der Waals surface area contributed by atoms with Gasteiger partial charge in [0, 0.05) is 25.6 Å². The molecule has 0 amide bonds. The Kier molecular flexibility index (Phi) is 8.32. The molecule has 1 heterocycles. The van der Waals surface area contributed by atoms with Crippen LogP contribution in [-0.4, -0.2) is 37.7 Å². The molecule has 1 aromatic heterocycles. The number of nitrogens with one attached hydrogen (secondary N) is 2. The molecule has 0 aromatic carbocycles. The number of aliphatic imine (C=N–C) groups is 1.